The fourth-order valence-corrected chi connectivity index (χ4v) is 4.40. The zero-order chi connectivity index (χ0) is 24.4. The zero-order valence-electron chi connectivity index (χ0n) is 18.7. The lowest BCUT2D eigenvalue weighted by Gasteiger charge is -2.31. The molecule has 35 heavy (non-hydrogen) atoms. The second-order valence-electron chi connectivity index (χ2n) is 8.51. The minimum Gasteiger partial charge on any atom is -0.507 e. The predicted molar refractivity (Wildman–Crippen MR) is 126 cm³/mol. The van der Waals surface area contributed by atoms with Crippen LogP contribution in [-0.2, 0) is 9.53 Å². The van der Waals surface area contributed by atoms with E-state index in [2.05, 4.69) is 0 Å². The first-order valence-electron chi connectivity index (χ1n) is 11.4. The summed E-state index contributed by atoms with van der Waals surface area (Å²) in [6.07, 6.45) is 0.0172. The number of hydrogen-bond donors (Lipinski definition) is 2. The molecule has 0 amide bonds. The third kappa shape index (κ3) is 4.76. The van der Waals surface area contributed by atoms with Gasteiger partial charge in [0.05, 0.1) is 6.42 Å². The van der Waals surface area contributed by atoms with Gasteiger partial charge in [0.15, 0.2) is 11.9 Å². The molecule has 2 aliphatic rings. The quantitative estimate of drug-likeness (QED) is 0.511. The lowest BCUT2D eigenvalue weighted by Crippen LogP contribution is -2.39. The van der Waals surface area contributed by atoms with E-state index in [1.54, 1.807) is 18.2 Å². The summed E-state index contributed by atoms with van der Waals surface area (Å²) in [7, 11) is 0. The molecule has 7 heteroatoms. The number of aliphatic hydroxyl groups excluding tert-OH is 1. The largest absolute Gasteiger partial charge is 0.507 e. The molecule has 0 aliphatic carbocycles. The third-order valence-electron chi connectivity index (χ3n) is 6.12. The first-order chi connectivity index (χ1) is 17.0. The van der Waals surface area contributed by atoms with Gasteiger partial charge in [-0.3, -0.25) is 4.79 Å². The topological polar surface area (TPSA) is 102 Å². The Bertz CT molecular complexity index is 1250. The second kappa shape index (κ2) is 9.64. The normalized spacial score (nSPS) is 20.8. The van der Waals surface area contributed by atoms with Crippen molar-refractivity contribution in [1.82, 2.24) is 0 Å². The number of ketones is 1. The number of carbonyl (C=O) groups excluding carboxylic acids is 2. The van der Waals surface area contributed by atoms with Gasteiger partial charge in [-0.15, -0.1) is 0 Å². The van der Waals surface area contributed by atoms with E-state index >= 15 is 0 Å². The van der Waals surface area contributed by atoms with Gasteiger partial charge in [0.1, 0.15) is 41.1 Å². The molecule has 3 aromatic rings. The van der Waals surface area contributed by atoms with Crippen molar-refractivity contribution in [1.29, 1.82) is 0 Å². The summed E-state index contributed by atoms with van der Waals surface area (Å²) >= 11 is 0. The van der Waals surface area contributed by atoms with Crippen LogP contribution in [0.5, 0.6) is 17.2 Å². The van der Waals surface area contributed by atoms with Gasteiger partial charge in [-0.2, -0.15) is 0 Å². The summed E-state index contributed by atoms with van der Waals surface area (Å²) < 4.78 is 17.5. The van der Waals surface area contributed by atoms with Gasteiger partial charge in [0, 0.05) is 24.6 Å². The average Bonchev–Trinajstić information content (AvgIpc) is 2.87. The minimum atomic E-state index is -1.19. The number of Topliss-reactive ketones (excluding diaryl/α,β-unsaturated/α-hetero) is 1. The van der Waals surface area contributed by atoms with Crippen molar-refractivity contribution in [3.63, 3.8) is 0 Å². The van der Waals surface area contributed by atoms with Crippen LogP contribution in [0.2, 0.25) is 0 Å². The molecule has 0 radical (unpaired) electrons. The van der Waals surface area contributed by atoms with Crippen LogP contribution in [0.25, 0.3) is 0 Å². The molecule has 178 valence electrons. The molecule has 2 aliphatic heterocycles. The van der Waals surface area contributed by atoms with Gasteiger partial charge in [-0.05, 0) is 11.1 Å². The lowest BCUT2D eigenvalue weighted by molar-refractivity contribution is -0.154. The smallest absolute Gasteiger partial charge is 0.330 e. The summed E-state index contributed by atoms with van der Waals surface area (Å²) in [6.45, 7) is 0. The number of benzene rings is 3. The van der Waals surface area contributed by atoms with Crippen LogP contribution < -0.4 is 9.47 Å². The van der Waals surface area contributed by atoms with Gasteiger partial charge in [-0.25, -0.2) is 4.79 Å². The Morgan fingerprint density at radius 3 is 2.37 bits per heavy atom. The van der Waals surface area contributed by atoms with E-state index in [1.807, 2.05) is 48.5 Å². The summed E-state index contributed by atoms with van der Waals surface area (Å²) in [5.74, 6) is -0.615. The maximum absolute atomic E-state index is 12.8. The molecule has 2 N–H and O–H groups in total. The number of cyclic esters (lactones) is 1. The number of phenolic OH excluding ortho intramolecular Hbond substituents is 1. The first kappa shape index (κ1) is 22.7. The number of fused-ring (bicyclic) bond motifs is 1. The number of hydrogen-bond acceptors (Lipinski definition) is 7. The number of rotatable bonds is 6. The van der Waals surface area contributed by atoms with Crippen LogP contribution in [0.3, 0.4) is 0 Å². The molecule has 2 heterocycles. The molecule has 0 unspecified atom stereocenters. The highest BCUT2D eigenvalue weighted by molar-refractivity contribution is 6.02. The number of ether oxygens (including phenoxy) is 3. The average molecular weight is 472 g/mol. The Kier molecular flexibility index (Phi) is 6.25. The monoisotopic (exact) mass is 472 g/mol. The molecule has 7 nitrogen and oxygen atoms in total. The molecule has 0 fully saturated rings. The maximum Gasteiger partial charge on any atom is 0.330 e. The van der Waals surface area contributed by atoms with Crippen molar-refractivity contribution in [3.05, 3.63) is 102 Å². The van der Waals surface area contributed by atoms with Crippen molar-refractivity contribution in [2.75, 3.05) is 0 Å². The van der Waals surface area contributed by atoms with Crippen LogP contribution in [0.1, 0.15) is 46.5 Å². The van der Waals surface area contributed by atoms with Crippen molar-refractivity contribution in [2.24, 2.45) is 0 Å². The first-order valence-corrected chi connectivity index (χ1v) is 11.4. The Morgan fingerprint density at radius 1 is 0.943 bits per heavy atom. The van der Waals surface area contributed by atoms with Gasteiger partial charge >= 0.3 is 5.97 Å². The summed E-state index contributed by atoms with van der Waals surface area (Å²) in [4.78, 5) is 24.6. The van der Waals surface area contributed by atoms with Gasteiger partial charge in [-0.1, -0.05) is 66.7 Å². The van der Waals surface area contributed by atoms with Crippen molar-refractivity contribution >= 4 is 11.8 Å². The number of aliphatic hydroxyl groups is 1. The van der Waals surface area contributed by atoms with Gasteiger partial charge in [0.25, 0.3) is 0 Å². The third-order valence-corrected chi connectivity index (χ3v) is 6.12. The molecule has 0 bridgehead atoms. The van der Waals surface area contributed by atoms with Crippen molar-refractivity contribution in [2.45, 2.75) is 37.3 Å². The molecule has 0 spiro atoms. The molecular formula is C28H24O7. The van der Waals surface area contributed by atoms with Crippen molar-refractivity contribution < 1.29 is 34.0 Å². The summed E-state index contributed by atoms with van der Waals surface area (Å²) in [5.41, 5.74) is 1.61. The zero-order valence-corrected chi connectivity index (χ0v) is 18.7. The van der Waals surface area contributed by atoms with Gasteiger partial charge < -0.3 is 24.4 Å². The van der Waals surface area contributed by atoms with Crippen LogP contribution in [0, 0.1) is 0 Å². The Morgan fingerprint density at radius 2 is 1.66 bits per heavy atom. The molecule has 4 atom stereocenters. The van der Waals surface area contributed by atoms with Crippen LogP contribution in [0.15, 0.2) is 84.9 Å². The van der Waals surface area contributed by atoms with E-state index < -0.39 is 30.4 Å². The lowest BCUT2D eigenvalue weighted by atomic mass is 9.95. The van der Waals surface area contributed by atoms with E-state index in [9.17, 15) is 19.8 Å². The Labute approximate surface area is 202 Å². The second-order valence-corrected chi connectivity index (χ2v) is 8.51. The van der Waals surface area contributed by atoms with E-state index in [1.165, 1.54) is 18.2 Å². The Hall–Kier alpha value is -4.10. The number of carbonyl (C=O) groups is 2. The van der Waals surface area contributed by atoms with Crippen LogP contribution in [-0.4, -0.2) is 34.2 Å². The van der Waals surface area contributed by atoms with E-state index in [0.29, 0.717) is 12.0 Å². The minimum absolute atomic E-state index is 0.104. The van der Waals surface area contributed by atoms with E-state index in [0.717, 1.165) is 5.56 Å². The molecular weight excluding hydrogens is 448 g/mol. The van der Waals surface area contributed by atoms with Crippen LogP contribution in [0.4, 0.5) is 0 Å². The predicted octanol–water partition coefficient (Wildman–Crippen LogP) is 4.45. The fraction of sp³-hybridized carbons (Fsp3) is 0.214. The molecule has 0 saturated heterocycles. The summed E-state index contributed by atoms with van der Waals surface area (Å²) in [6, 6.07) is 21.3. The number of phenols is 1. The van der Waals surface area contributed by atoms with Crippen molar-refractivity contribution in [3.8, 4) is 17.2 Å². The maximum atomic E-state index is 12.8. The van der Waals surface area contributed by atoms with E-state index in [-0.39, 0.29) is 35.0 Å². The number of esters is 1. The highest BCUT2D eigenvalue weighted by atomic mass is 16.6. The summed E-state index contributed by atoms with van der Waals surface area (Å²) in [5, 5.41) is 21.8. The Balaban J connectivity index is 1.46. The SMILES string of the molecule is O=C1C=CC[C@H]([C@@H](O)[C@H](Oc2cc(O)c3c(c2)O[C@@H](c2ccccc2)CC3=O)c2ccccc2)O1. The van der Waals surface area contributed by atoms with Crippen LogP contribution >= 0.6 is 0 Å². The van der Waals surface area contributed by atoms with E-state index in [4.69, 9.17) is 14.2 Å². The van der Waals surface area contributed by atoms with Gasteiger partial charge in [0.2, 0.25) is 0 Å². The molecule has 3 aromatic carbocycles. The highest BCUT2D eigenvalue weighted by Crippen LogP contribution is 2.43. The molecule has 5 rings (SSSR count). The highest BCUT2D eigenvalue weighted by Gasteiger charge is 2.35. The molecule has 0 aromatic heterocycles. The molecule has 0 saturated carbocycles. The standard InChI is InChI=1S/C28H24O7/c29-20-14-19(15-24-26(20)21(30)16-23(34-24)17-8-3-1-4-9-17)33-28(18-10-5-2-6-11-18)27(32)22-12-7-13-25(31)35-22/h1-11,13-15,22-23,27-29,32H,12,16H2/t22-,23-,27-,28-/m1/s1. The fourth-order valence-electron chi connectivity index (χ4n) is 4.40. The number of aromatic hydroxyl groups is 1.